The van der Waals surface area contributed by atoms with Crippen LogP contribution in [0.2, 0.25) is 0 Å². The van der Waals surface area contributed by atoms with Crippen LogP contribution >= 0.6 is 0 Å². The summed E-state index contributed by atoms with van der Waals surface area (Å²) in [6.45, 7) is 5.98. The van der Waals surface area contributed by atoms with Gasteiger partial charge in [-0.1, -0.05) is 6.92 Å². The molecule has 1 amide bonds. The van der Waals surface area contributed by atoms with Crippen molar-refractivity contribution in [1.29, 1.82) is 0 Å². The lowest BCUT2D eigenvalue weighted by Gasteiger charge is -2.26. The first-order valence-electron chi connectivity index (χ1n) is 8.32. The fourth-order valence-electron chi connectivity index (χ4n) is 4.42. The summed E-state index contributed by atoms with van der Waals surface area (Å²) in [5.74, 6) is -1.13. The normalized spacial score (nSPS) is 37.3. The minimum atomic E-state index is -0.798. The van der Waals surface area contributed by atoms with E-state index in [1.54, 1.807) is 0 Å². The van der Waals surface area contributed by atoms with Crippen molar-refractivity contribution < 1.29 is 14.7 Å². The maximum Gasteiger partial charge on any atom is 0.307 e. The van der Waals surface area contributed by atoms with Crippen molar-refractivity contribution in [2.45, 2.75) is 45.1 Å². The van der Waals surface area contributed by atoms with Gasteiger partial charge >= 0.3 is 5.97 Å². The van der Waals surface area contributed by atoms with E-state index in [0.717, 1.165) is 39.0 Å². The summed E-state index contributed by atoms with van der Waals surface area (Å²) in [6, 6.07) is 0.499. The molecule has 0 aromatic carbocycles. The number of carbonyl (C=O) groups is 2. The molecule has 1 N–H and O–H groups in total. The third-order valence-electron chi connectivity index (χ3n) is 5.56. The fraction of sp³-hybridized carbons (Fsp3) is 0.875. The molecule has 1 aliphatic carbocycles. The Hall–Kier alpha value is -1.10. The number of hydrogen-bond donors (Lipinski definition) is 1. The van der Waals surface area contributed by atoms with Gasteiger partial charge in [-0.05, 0) is 51.1 Å². The van der Waals surface area contributed by atoms with Crippen LogP contribution < -0.4 is 0 Å². The Labute approximate surface area is 126 Å². The number of likely N-dealkylation sites (tertiary alicyclic amines) is 2. The zero-order valence-electron chi connectivity index (χ0n) is 12.8. The molecular weight excluding hydrogens is 268 g/mol. The number of aliphatic carboxylic acids is 1. The van der Waals surface area contributed by atoms with E-state index in [0.29, 0.717) is 18.4 Å². The molecule has 3 rings (SSSR count). The molecule has 3 aliphatic rings. The lowest BCUT2D eigenvalue weighted by atomic mass is 9.95. The van der Waals surface area contributed by atoms with Crippen molar-refractivity contribution in [3.8, 4) is 0 Å². The standard InChI is InChI=1S/C16H26N2O3/c1-11-8-13(14(9-11)16(20)21)15(19)18-7-4-12(10-18)17-5-2-3-6-17/h11-14H,2-10H2,1H3,(H,20,21). The van der Waals surface area contributed by atoms with Crippen LogP contribution in [0.15, 0.2) is 0 Å². The Morgan fingerprint density at radius 3 is 2.38 bits per heavy atom. The third kappa shape index (κ3) is 2.93. The summed E-state index contributed by atoms with van der Waals surface area (Å²) in [7, 11) is 0. The zero-order chi connectivity index (χ0) is 15.0. The van der Waals surface area contributed by atoms with Gasteiger partial charge in [-0.15, -0.1) is 0 Å². The van der Waals surface area contributed by atoms with Gasteiger partial charge < -0.3 is 10.0 Å². The Bertz CT molecular complexity index is 420. The van der Waals surface area contributed by atoms with Crippen molar-refractivity contribution in [2.24, 2.45) is 17.8 Å². The average Bonchev–Trinajstić information content (AvgIpc) is 3.17. The van der Waals surface area contributed by atoms with E-state index in [2.05, 4.69) is 11.8 Å². The number of rotatable bonds is 3. The van der Waals surface area contributed by atoms with Crippen molar-refractivity contribution in [2.75, 3.05) is 26.2 Å². The Balaban J connectivity index is 1.61. The van der Waals surface area contributed by atoms with E-state index in [1.165, 1.54) is 12.8 Å². The van der Waals surface area contributed by atoms with Gasteiger partial charge in [0.15, 0.2) is 0 Å². The van der Waals surface area contributed by atoms with Crippen molar-refractivity contribution >= 4 is 11.9 Å². The van der Waals surface area contributed by atoms with Gasteiger partial charge in [0.1, 0.15) is 0 Å². The van der Waals surface area contributed by atoms with Gasteiger partial charge in [-0.2, -0.15) is 0 Å². The molecule has 118 valence electrons. The molecule has 4 atom stereocenters. The van der Waals surface area contributed by atoms with Crippen molar-refractivity contribution in [3.63, 3.8) is 0 Å². The van der Waals surface area contributed by atoms with Gasteiger partial charge in [-0.25, -0.2) is 0 Å². The van der Waals surface area contributed by atoms with Gasteiger partial charge in [-0.3, -0.25) is 14.5 Å². The van der Waals surface area contributed by atoms with Crippen LogP contribution in [0.5, 0.6) is 0 Å². The largest absolute Gasteiger partial charge is 0.481 e. The smallest absolute Gasteiger partial charge is 0.307 e. The molecule has 5 heteroatoms. The van der Waals surface area contributed by atoms with Crippen molar-refractivity contribution in [3.05, 3.63) is 0 Å². The number of carboxylic acids is 1. The molecule has 0 bridgehead atoms. The second kappa shape index (κ2) is 5.95. The third-order valence-corrected chi connectivity index (χ3v) is 5.56. The number of amides is 1. The van der Waals surface area contributed by atoms with Crippen LogP contribution in [0.4, 0.5) is 0 Å². The predicted octanol–water partition coefficient (Wildman–Crippen LogP) is 1.43. The Morgan fingerprint density at radius 2 is 1.71 bits per heavy atom. The van der Waals surface area contributed by atoms with Gasteiger partial charge in [0.05, 0.1) is 11.8 Å². The highest BCUT2D eigenvalue weighted by molar-refractivity contribution is 5.85. The molecule has 5 nitrogen and oxygen atoms in total. The molecule has 0 aromatic rings. The number of carbonyl (C=O) groups excluding carboxylic acids is 1. The van der Waals surface area contributed by atoms with Crippen LogP contribution in [0.1, 0.15) is 39.0 Å². The van der Waals surface area contributed by atoms with Crippen LogP contribution in [-0.2, 0) is 9.59 Å². The zero-order valence-corrected chi connectivity index (χ0v) is 12.8. The van der Waals surface area contributed by atoms with Crippen LogP contribution in [0.3, 0.4) is 0 Å². The SMILES string of the molecule is CC1CC(C(=O)O)C(C(=O)N2CCC(N3CCCC3)C2)C1. The van der Waals surface area contributed by atoms with Crippen LogP contribution in [0, 0.1) is 17.8 Å². The summed E-state index contributed by atoms with van der Waals surface area (Å²) >= 11 is 0. The van der Waals surface area contributed by atoms with Gasteiger partial charge in [0.2, 0.25) is 5.91 Å². The van der Waals surface area contributed by atoms with Crippen LogP contribution in [-0.4, -0.2) is 59.0 Å². The minimum Gasteiger partial charge on any atom is -0.481 e. The van der Waals surface area contributed by atoms with Gasteiger partial charge in [0, 0.05) is 19.1 Å². The van der Waals surface area contributed by atoms with E-state index in [9.17, 15) is 14.7 Å². The summed E-state index contributed by atoms with van der Waals surface area (Å²) < 4.78 is 0. The maximum absolute atomic E-state index is 12.7. The molecule has 21 heavy (non-hydrogen) atoms. The molecule has 0 aromatic heterocycles. The maximum atomic E-state index is 12.7. The quantitative estimate of drug-likeness (QED) is 0.855. The Kier molecular flexibility index (Phi) is 4.20. The number of hydrogen-bond acceptors (Lipinski definition) is 3. The van der Waals surface area contributed by atoms with E-state index in [-0.39, 0.29) is 11.8 Å². The van der Waals surface area contributed by atoms with E-state index in [1.807, 2.05) is 4.90 Å². The minimum absolute atomic E-state index is 0.0912. The molecule has 2 aliphatic heterocycles. The highest BCUT2D eigenvalue weighted by atomic mass is 16.4. The number of carboxylic acid groups (broad SMARTS) is 1. The molecule has 3 fully saturated rings. The highest BCUT2D eigenvalue weighted by Crippen LogP contribution is 2.38. The van der Waals surface area contributed by atoms with E-state index in [4.69, 9.17) is 0 Å². The van der Waals surface area contributed by atoms with E-state index >= 15 is 0 Å². The summed E-state index contributed by atoms with van der Waals surface area (Å²) in [6.07, 6.45) is 4.97. The lowest BCUT2D eigenvalue weighted by Crippen LogP contribution is -2.41. The monoisotopic (exact) mass is 294 g/mol. The van der Waals surface area contributed by atoms with Crippen molar-refractivity contribution in [1.82, 2.24) is 9.80 Å². The molecule has 2 heterocycles. The highest BCUT2D eigenvalue weighted by Gasteiger charge is 2.44. The van der Waals surface area contributed by atoms with Gasteiger partial charge in [0.25, 0.3) is 0 Å². The first kappa shape index (κ1) is 14.8. The second-order valence-electron chi connectivity index (χ2n) is 7.10. The summed E-state index contributed by atoms with van der Waals surface area (Å²) in [5, 5.41) is 9.34. The summed E-state index contributed by atoms with van der Waals surface area (Å²) in [4.78, 5) is 28.5. The molecule has 4 unspecified atom stereocenters. The molecule has 0 radical (unpaired) electrons. The molecule has 0 spiro atoms. The topological polar surface area (TPSA) is 60.9 Å². The second-order valence-corrected chi connectivity index (χ2v) is 7.10. The lowest BCUT2D eigenvalue weighted by molar-refractivity contribution is -0.148. The summed E-state index contributed by atoms with van der Waals surface area (Å²) in [5.41, 5.74) is 0. The molecule has 2 saturated heterocycles. The first-order chi connectivity index (χ1) is 10.1. The Morgan fingerprint density at radius 1 is 1.05 bits per heavy atom. The predicted molar refractivity (Wildman–Crippen MR) is 78.8 cm³/mol. The fourth-order valence-corrected chi connectivity index (χ4v) is 4.42. The molecule has 1 saturated carbocycles. The molecular formula is C16H26N2O3. The first-order valence-corrected chi connectivity index (χ1v) is 8.32. The average molecular weight is 294 g/mol. The van der Waals surface area contributed by atoms with Crippen LogP contribution in [0.25, 0.3) is 0 Å². The number of nitrogens with zero attached hydrogens (tertiary/aromatic N) is 2. The van der Waals surface area contributed by atoms with E-state index < -0.39 is 11.9 Å².